The third-order valence-corrected chi connectivity index (χ3v) is 13.3. The molecule has 0 aliphatic rings. The van der Waals surface area contributed by atoms with E-state index in [-0.39, 0.29) is 16.8 Å². The van der Waals surface area contributed by atoms with E-state index in [0.717, 1.165) is 47.5 Å². The Morgan fingerprint density at radius 1 is 0.304 bits per heavy atom. The Morgan fingerprint density at radius 2 is 0.430 bits per heavy atom. The summed E-state index contributed by atoms with van der Waals surface area (Å²) in [5.41, 5.74) is -24.8. The minimum Gasteiger partial charge on any atom is -0.421 e. The van der Waals surface area contributed by atoms with Gasteiger partial charge in [-0.1, -0.05) is 41.5 Å². The molecule has 6 aromatic rings. The number of imidazole rings is 6. The Hall–Kier alpha value is -5.35. The Balaban J connectivity index is -0.000000846. The third kappa shape index (κ3) is 34.4. The van der Waals surface area contributed by atoms with Crippen LogP contribution in [0.4, 0.5) is 52.7 Å². The Morgan fingerprint density at radius 3 is 0.506 bits per heavy atom. The van der Waals surface area contributed by atoms with Crippen LogP contribution in [0.15, 0.2) is 112 Å². The molecule has 22 nitrogen and oxygen atoms in total. The first-order chi connectivity index (χ1) is 36.0. The van der Waals surface area contributed by atoms with Gasteiger partial charge in [0.2, 0.25) is 0 Å². The minimum absolute atomic E-state index is 0. The monoisotopic (exact) mass is 1280 g/mol. The molecular weight excluding hydrogens is 1220 g/mol. The molecule has 6 heterocycles. The van der Waals surface area contributed by atoms with E-state index in [0.29, 0.717) is 0 Å². The van der Waals surface area contributed by atoms with E-state index in [2.05, 4.69) is 98.8 Å². The Labute approximate surface area is 460 Å². The fourth-order valence-electron chi connectivity index (χ4n) is 4.49. The van der Waals surface area contributed by atoms with Crippen molar-refractivity contribution in [2.45, 2.75) is 141 Å². The van der Waals surface area contributed by atoms with Gasteiger partial charge in [-0.15, -0.1) is 0 Å². The van der Waals surface area contributed by atoms with E-state index >= 15 is 0 Å². The fourth-order valence-corrected chi connectivity index (χ4v) is 7.91. The largest absolute Gasteiger partial charge is 2.00 e. The van der Waals surface area contributed by atoms with Crippen molar-refractivity contribution < 1.29 is 103 Å². The zero-order chi connectivity index (χ0) is 60.3. The van der Waals surface area contributed by atoms with Gasteiger partial charge in [-0.25, -0.2) is 63.6 Å². The van der Waals surface area contributed by atoms with Crippen LogP contribution in [-0.4, -0.2) is 113 Å². The van der Waals surface area contributed by atoms with E-state index < -0.39 is 62.1 Å². The molecule has 0 atom stereocenters. The molecule has 455 valence electrons. The number of hydrogen-bond donors (Lipinski definition) is 0. The molecule has 0 aliphatic heterocycles. The number of aryl methyl sites for hydroxylation is 6. The van der Waals surface area contributed by atoms with E-state index in [1.54, 1.807) is 37.2 Å². The van der Waals surface area contributed by atoms with Gasteiger partial charge < -0.3 is 35.7 Å². The molecule has 0 fully saturated rings. The molecule has 0 saturated heterocycles. The zero-order valence-electron chi connectivity index (χ0n) is 42.9. The van der Waals surface area contributed by atoms with Crippen LogP contribution in [0.5, 0.6) is 0 Å². The van der Waals surface area contributed by atoms with E-state index in [9.17, 15) is 86.4 Å². The van der Waals surface area contributed by atoms with Crippen molar-refractivity contribution in [3.05, 3.63) is 121 Å². The smallest absolute Gasteiger partial charge is 0.421 e. The van der Waals surface area contributed by atoms with Crippen LogP contribution in [0.2, 0.25) is 0 Å². The molecule has 0 N–H and O–H groups in total. The number of sulfonamides is 4. The average Bonchev–Trinajstić information content (AvgIpc) is 4.16. The van der Waals surface area contributed by atoms with Gasteiger partial charge in [0.1, 0.15) is 0 Å². The van der Waals surface area contributed by atoms with Gasteiger partial charge in [-0.3, -0.25) is 0 Å². The summed E-state index contributed by atoms with van der Waals surface area (Å²) in [4.78, 5) is 23.4. The second kappa shape index (κ2) is 38.3. The summed E-state index contributed by atoms with van der Waals surface area (Å²) in [7, 11) is -26.9. The van der Waals surface area contributed by atoms with Gasteiger partial charge in [0, 0.05) is 114 Å². The van der Waals surface area contributed by atoms with E-state index in [4.69, 9.17) is 0 Å². The van der Waals surface area contributed by atoms with Crippen LogP contribution < -0.4 is 0 Å². The van der Waals surface area contributed by atoms with Crippen LogP contribution in [0.1, 0.15) is 80.1 Å². The molecule has 0 aromatic carbocycles. The number of rotatable bonds is 16. The number of halogens is 12. The van der Waals surface area contributed by atoms with Crippen LogP contribution in [0, 0.1) is 0 Å². The van der Waals surface area contributed by atoms with Gasteiger partial charge in [0.25, 0.3) is 0 Å². The average molecular weight is 1280 g/mol. The molecule has 0 aliphatic carbocycles. The second-order valence-electron chi connectivity index (χ2n) is 14.6. The number of hydrogen-bond acceptors (Lipinski definition) is 14. The van der Waals surface area contributed by atoms with Crippen LogP contribution in [-0.2, 0) is 96.1 Å². The molecule has 79 heavy (non-hydrogen) atoms. The Kier molecular flexibility index (Phi) is 37.8. The molecule has 6 rings (SSSR count). The first-order valence-corrected chi connectivity index (χ1v) is 28.2. The minimum atomic E-state index is -6.72. The van der Waals surface area contributed by atoms with Gasteiger partial charge in [-0.2, -0.15) is 52.7 Å². The summed E-state index contributed by atoms with van der Waals surface area (Å²) in [5.74, 6) is 0. The van der Waals surface area contributed by atoms with Gasteiger partial charge >= 0.3 is 38.8 Å². The zero-order valence-corrected chi connectivity index (χ0v) is 47.2. The summed E-state index contributed by atoms with van der Waals surface area (Å²) >= 11 is 0. The normalized spacial score (nSPS) is 11.7. The molecule has 0 spiro atoms. The maximum atomic E-state index is 11.4. The SMILES string of the molecule is CCCn1ccnc1.CCCn1ccnc1.CCCn1ccnc1.CCCn1ccnc1.CCCn1ccnc1.CCCn1ccnc1.O=S(=O)([N-]S(=O)(=O)C(F)(F)F)C(F)(F)F.O=S(=O)([N-]S(=O)(=O)C(F)(F)F)C(F)(F)F.[Co+2]. The molecule has 0 amide bonds. The van der Waals surface area contributed by atoms with Crippen molar-refractivity contribution in [3.8, 4) is 0 Å². The van der Waals surface area contributed by atoms with Crippen molar-refractivity contribution in [1.29, 1.82) is 0 Å². The predicted octanol–water partition coefficient (Wildman–Crippen LogP) is 9.87. The predicted molar refractivity (Wildman–Crippen MR) is 262 cm³/mol. The van der Waals surface area contributed by atoms with Crippen molar-refractivity contribution in [1.82, 2.24) is 57.3 Å². The topological polar surface area (TPSA) is 272 Å². The Bertz CT molecular complexity index is 2370. The van der Waals surface area contributed by atoms with Crippen LogP contribution in [0.25, 0.3) is 8.25 Å². The molecule has 0 saturated carbocycles. The fraction of sp³-hybridized carbons (Fsp3) is 0.550. The van der Waals surface area contributed by atoms with Gasteiger partial charge in [-0.05, 0) is 38.5 Å². The number of aromatic nitrogens is 12. The standard InChI is InChI=1S/6C6H10N2.2C2F6NO4S2.Co/c6*1-2-4-8-5-3-7-6-8;2*3-1(4,5)14(10,11)9-15(12,13)2(6,7)8;/h6*3,5-6H,2,4H2,1H3;;;/q;;;;;;2*-1;+2. The van der Waals surface area contributed by atoms with Crippen molar-refractivity contribution in [3.63, 3.8) is 0 Å². The quantitative estimate of drug-likeness (QED) is 0.0816. The van der Waals surface area contributed by atoms with E-state index in [1.807, 2.05) is 75.1 Å². The van der Waals surface area contributed by atoms with Crippen molar-refractivity contribution >= 4 is 40.1 Å². The third-order valence-electron chi connectivity index (χ3n) is 7.81. The molecule has 0 unspecified atom stereocenters. The first kappa shape index (κ1) is 77.9. The molecule has 1 radical (unpaired) electrons. The summed E-state index contributed by atoms with van der Waals surface area (Å²) in [6.45, 7) is 19.4. The van der Waals surface area contributed by atoms with E-state index in [1.165, 1.54) is 38.5 Å². The first-order valence-electron chi connectivity index (χ1n) is 22.5. The summed E-state index contributed by atoms with van der Waals surface area (Å²) in [6.07, 6.45) is 40.7. The number of alkyl halides is 12. The second-order valence-corrected chi connectivity index (χ2v) is 21.5. The molecule has 39 heteroatoms. The summed E-state index contributed by atoms with van der Waals surface area (Å²) < 4.78 is 231. The maximum Gasteiger partial charge on any atom is 2.00 e. The van der Waals surface area contributed by atoms with Crippen molar-refractivity contribution in [2.75, 3.05) is 0 Å². The van der Waals surface area contributed by atoms with Gasteiger partial charge in [0.05, 0.1) is 38.0 Å². The summed E-state index contributed by atoms with van der Waals surface area (Å²) in [6, 6.07) is 0. The maximum absolute atomic E-state index is 11.4. The molecule has 0 bridgehead atoms. The van der Waals surface area contributed by atoms with Gasteiger partial charge in [0.15, 0.2) is 40.1 Å². The van der Waals surface area contributed by atoms with Crippen LogP contribution in [0.3, 0.4) is 0 Å². The summed E-state index contributed by atoms with van der Waals surface area (Å²) in [5, 5.41) is 0. The number of nitrogens with zero attached hydrogens (tertiary/aromatic N) is 14. The molecule has 6 aromatic heterocycles. The van der Waals surface area contributed by atoms with Crippen molar-refractivity contribution in [2.24, 2.45) is 0 Å². The molecular formula is C40H60CoF12N14O8S4. The van der Waals surface area contributed by atoms with Crippen LogP contribution >= 0.6 is 0 Å².